The van der Waals surface area contributed by atoms with Crippen molar-refractivity contribution in [3.8, 4) is 0 Å². The number of methoxy groups -OCH3 is 1. The summed E-state index contributed by atoms with van der Waals surface area (Å²) in [6.07, 6.45) is 1.55. The minimum absolute atomic E-state index is 0. The molecule has 0 bridgehead atoms. The van der Waals surface area contributed by atoms with Crippen LogP contribution in [-0.2, 0) is 4.74 Å². The number of hydrogen-bond donors (Lipinski definition) is 0. The van der Waals surface area contributed by atoms with E-state index in [1.807, 2.05) is 0 Å². The maximum Gasteiger partial charge on any atom is 1.00 e. The summed E-state index contributed by atoms with van der Waals surface area (Å²) in [6, 6.07) is 3.29. The van der Waals surface area contributed by atoms with Crippen LogP contribution in [0.25, 0.3) is 0 Å². The van der Waals surface area contributed by atoms with Gasteiger partial charge in [-0.3, -0.25) is 0 Å². The molecule has 4 heteroatoms. The predicted molar refractivity (Wildman–Crippen MR) is 31.1 cm³/mol. The van der Waals surface area contributed by atoms with Gasteiger partial charge in [0, 0.05) is 0 Å². The van der Waals surface area contributed by atoms with Crippen LogP contribution in [0.1, 0.15) is 10.5 Å². The molecule has 0 aliphatic rings. The Morgan fingerprint density at radius 2 is 2.40 bits per heavy atom. The molecule has 0 aromatic carbocycles. The summed E-state index contributed by atoms with van der Waals surface area (Å²) >= 11 is 0. The van der Waals surface area contributed by atoms with E-state index in [0.717, 1.165) is 0 Å². The first-order valence-electron chi connectivity index (χ1n) is 2.50. The van der Waals surface area contributed by atoms with Gasteiger partial charge < -0.3 is 9.72 Å². The molecule has 0 saturated heterocycles. The maximum absolute atomic E-state index is 10.6. The first-order valence-corrected chi connectivity index (χ1v) is 2.50. The molecule has 0 unspecified atom stereocenters. The van der Waals surface area contributed by atoms with Crippen LogP contribution in [0.4, 0.5) is 0 Å². The van der Waals surface area contributed by atoms with E-state index in [9.17, 15) is 4.79 Å². The molecule has 48 valence electrons. The topological polar surface area (TPSA) is 40.4 Å². The second-order valence-corrected chi connectivity index (χ2v) is 1.51. The van der Waals surface area contributed by atoms with Gasteiger partial charge in [-0.15, -0.1) is 0 Å². The van der Waals surface area contributed by atoms with Crippen molar-refractivity contribution in [2.45, 2.75) is 0 Å². The van der Waals surface area contributed by atoms with Gasteiger partial charge in [-0.25, -0.2) is 4.79 Å². The third kappa shape index (κ3) is 2.17. The summed E-state index contributed by atoms with van der Waals surface area (Å²) in [6.45, 7) is 0. The SMILES string of the molecule is COC(=O)c1ccc[n-]1.[Na+]. The van der Waals surface area contributed by atoms with Gasteiger partial charge in [0.2, 0.25) is 0 Å². The normalized spacial score (nSPS) is 8.10. The Morgan fingerprint density at radius 1 is 1.70 bits per heavy atom. The zero-order valence-electron chi connectivity index (χ0n) is 6.00. The van der Waals surface area contributed by atoms with Crippen LogP contribution in [0.2, 0.25) is 0 Å². The third-order valence-electron chi connectivity index (χ3n) is 0.948. The van der Waals surface area contributed by atoms with E-state index in [-0.39, 0.29) is 35.5 Å². The second kappa shape index (κ2) is 4.55. The minimum Gasteiger partial charge on any atom is -0.658 e. The molecule has 0 aliphatic heterocycles. The molecule has 0 radical (unpaired) electrons. The molecule has 1 heterocycles. The Bertz CT molecular complexity index is 196. The maximum atomic E-state index is 10.6. The quantitative estimate of drug-likeness (QED) is 0.324. The number of rotatable bonds is 1. The van der Waals surface area contributed by atoms with Crippen molar-refractivity contribution in [1.82, 2.24) is 4.98 Å². The predicted octanol–water partition coefficient (Wildman–Crippen LogP) is -2.57. The molecule has 0 fully saturated rings. The van der Waals surface area contributed by atoms with Crippen molar-refractivity contribution in [2.24, 2.45) is 0 Å². The van der Waals surface area contributed by atoms with Gasteiger partial charge in [-0.1, -0.05) is 12.1 Å². The average Bonchev–Trinajstić information content (AvgIpc) is 2.37. The van der Waals surface area contributed by atoms with Crippen LogP contribution >= 0.6 is 0 Å². The largest absolute Gasteiger partial charge is 1.00 e. The molecule has 10 heavy (non-hydrogen) atoms. The first-order chi connectivity index (χ1) is 4.34. The molecule has 0 N–H and O–H groups in total. The zero-order chi connectivity index (χ0) is 6.69. The number of hydrogen-bond acceptors (Lipinski definition) is 2. The zero-order valence-corrected chi connectivity index (χ0v) is 8.00. The standard InChI is InChI=1S/C6H7NO2.Na/c1-9-6(8)5-3-2-4-7-5;/h2-4H,1H3,(H,7,8);/q;+1/p-1. The number of carbonyl (C=O) groups excluding carboxylic acids is 1. The number of aromatic nitrogens is 1. The second-order valence-electron chi connectivity index (χ2n) is 1.51. The first kappa shape index (κ1) is 9.75. The summed E-state index contributed by atoms with van der Waals surface area (Å²) in [5.74, 6) is -0.389. The smallest absolute Gasteiger partial charge is 0.658 e. The molecule has 3 nitrogen and oxygen atoms in total. The molecule has 0 amide bonds. The summed E-state index contributed by atoms with van der Waals surface area (Å²) in [7, 11) is 1.33. The summed E-state index contributed by atoms with van der Waals surface area (Å²) in [5.41, 5.74) is 0.359. The summed E-state index contributed by atoms with van der Waals surface area (Å²) in [5, 5.41) is 0. The van der Waals surface area contributed by atoms with E-state index in [1.165, 1.54) is 7.11 Å². The molecule has 1 aromatic rings. The molecule has 0 atom stereocenters. The fourth-order valence-electron chi connectivity index (χ4n) is 0.526. The van der Waals surface area contributed by atoms with E-state index >= 15 is 0 Å². The van der Waals surface area contributed by atoms with Gasteiger partial charge in [-0.2, -0.15) is 6.20 Å². The summed E-state index contributed by atoms with van der Waals surface area (Å²) < 4.78 is 4.39. The van der Waals surface area contributed by atoms with E-state index < -0.39 is 0 Å². The Hall–Kier alpha value is -0.250. The van der Waals surface area contributed by atoms with Crippen molar-refractivity contribution in [3.05, 3.63) is 24.0 Å². The minimum atomic E-state index is -0.389. The fraction of sp³-hybridized carbons (Fsp3) is 0.167. The molecule has 0 spiro atoms. The number of nitrogens with zero attached hydrogens (tertiary/aromatic N) is 1. The van der Waals surface area contributed by atoms with Crippen LogP contribution in [-0.4, -0.2) is 13.1 Å². The van der Waals surface area contributed by atoms with Crippen molar-refractivity contribution in [1.29, 1.82) is 0 Å². The third-order valence-corrected chi connectivity index (χ3v) is 0.948. The van der Waals surface area contributed by atoms with E-state index in [0.29, 0.717) is 5.69 Å². The van der Waals surface area contributed by atoms with Crippen LogP contribution in [0, 0.1) is 0 Å². The summed E-state index contributed by atoms with van der Waals surface area (Å²) in [4.78, 5) is 14.3. The average molecular weight is 147 g/mol. The van der Waals surface area contributed by atoms with Gasteiger partial charge >= 0.3 is 35.5 Å². The molecular formula is C6H6NNaO2. The number of esters is 1. The van der Waals surface area contributed by atoms with E-state index in [1.54, 1.807) is 18.3 Å². The van der Waals surface area contributed by atoms with Crippen molar-refractivity contribution >= 4 is 5.97 Å². The molecule has 1 rings (SSSR count). The monoisotopic (exact) mass is 147 g/mol. The van der Waals surface area contributed by atoms with Gasteiger partial charge in [0.05, 0.1) is 7.11 Å². The Morgan fingerprint density at radius 3 is 2.80 bits per heavy atom. The molecule has 0 aliphatic carbocycles. The van der Waals surface area contributed by atoms with Crippen LogP contribution in [0.5, 0.6) is 0 Å². The molecule has 1 aromatic heterocycles. The van der Waals surface area contributed by atoms with Gasteiger partial charge in [0.15, 0.2) is 0 Å². The fourth-order valence-corrected chi connectivity index (χ4v) is 0.526. The van der Waals surface area contributed by atoms with E-state index in [4.69, 9.17) is 0 Å². The van der Waals surface area contributed by atoms with Crippen molar-refractivity contribution < 1.29 is 39.1 Å². The number of carbonyl (C=O) groups is 1. The molecule has 0 saturated carbocycles. The van der Waals surface area contributed by atoms with Crippen LogP contribution in [0.15, 0.2) is 18.3 Å². The van der Waals surface area contributed by atoms with Gasteiger partial charge in [0.1, 0.15) is 0 Å². The molecular weight excluding hydrogens is 141 g/mol. The van der Waals surface area contributed by atoms with Gasteiger partial charge in [0.25, 0.3) is 0 Å². The van der Waals surface area contributed by atoms with Crippen LogP contribution in [0.3, 0.4) is 0 Å². The van der Waals surface area contributed by atoms with E-state index in [2.05, 4.69) is 9.72 Å². The van der Waals surface area contributed by atoms with Crippen molar-refractivity contribution in [3.63, 3.8) is 0 Å². The Kier molecular flexibility index (Phi) is 4.43. The number of ether oxygens (including phenoxy) is 1. The Labute approximate surface area is 81.1 Å². The van der Waals surface area contributed by atoms with Gasteiger partial charge in [-0.05, 0) is 5.69 Å². The van der Waals surface area contributed by atoms with Crippen molar-refractivity contribution in [2.75, 3.05) is 7.11 Å². The Balaban J connectivity index is 0.000000810. The van der Waals surface area contributed by atoms with Crippen LogP contribution < -0.4 is 34.5 Å².